The molecule has 0 radical (unpaired) electrons. The lowest BCUT2D eigenvalue weighted by Gasteiger charge is -2.29. The van der Waals surface area contributed by atoms with Crippen LogP contribution in [0.4, 0.5) is 0 Å². The maximum Gasteiger partial charge on any atom is 0.309 e. The van der Waals surface area contributed by atoms with Gasteiger partial charge in [0.1, 0.15) is 0 Å². The fourth-order valence-corrected chi connectivity index (χ4v) is 1.99. The van der Waals surface area contributed by atoms with Gasteiger partial charge in [-0.1, -0.05) is 48.0 Å². The topological polar surface area (TPSA) is 37.3 Å². The largest absolute Gasteiger partial charge is 0.481 e. The van der Waals surface area contributed by atoms with E-state index in [0.717, 1.165) is 10.0 Å². The molecule has 1 rings (SSSR count). The molecule has 0 aliphatic rings. The summed E-state index contributed by atoms with van der Waals surface area (Å²) in [5.74, 6) is -0.643. The molecule has 0 heterocycles. The van der Waals surface area contributed by atoms with E-state index >= 15 is 0 Å². The number of carboxylic acids is 1. The van der Waals surface area contributed by atoms with E-state index < -0.39 is 11.4 Å². The first-order valence-corrected chi connectivity index (χ1v) is 6.14. The van der Waals surface area contributed by atoms with Gasteiger partial charge < -0.3 is 5.11 Å². The van der Waals surface area contributed by atoms with Gasteiger partial charge in [0.15, 0.2) is 0 Å². The minimum Gasteiger partial charge on any atom is -0.481 e. The highest BCUT2D eigenvalue weighted by Crippen LogP contribution is 2.33. The second kappa shape index (κ2) is 5.00. The van der Waals surface area contributed by atoms with Crippen molar-refractivity contribution in [1.29, 1.82) is 0 Å². The van der Waals surface area contributed by atoms with Crippen LogP contribution in [-0.4, -0.2) is 11.1 Å². The average molecular weight is 285 g/mol. The van der Waals surface area contributed by atoms with Crippen molar-refractivity contribution < 1.29 is 9.90 Å². The van der Waals surface area contributed by atoms with Crippen molar-refractivity contribution in [3.63, 3.8) is 0 Å². The molecule has 2 nitrogen and oxygen atoms in total. The van der Waals surface area contributed by atoms with Gasteiger partial charge in [0.2, 0.25) is 0 Å². The number of carboxylic acid groups (broad SMARTS) is 1. The lowest BCUT2D eigenvalue weighted by Crippen LogP contribution is -2.35. The zero-order valence-corrected chi connectivity index (χ0v) is 11.4. The van der Waals surface area contributed by atoms with Gasteiger partial charge in [-0.15, -0.1) is 0 Å². The Labute approximate surface area is 105 Å². The molecule has 0 aromatic heterocycles. The van der Waals surface area contributed by atoms with Crippen LogP contribution in [0.15, 0.2) is 28.7 Å². The molecule has 3 heteroatoms. The molecule has 1 aromatic carbocycles. The monoisotopic (exact) mass is 284 g/mol. The van der Waals surface area contributed by atoms with E-state index in [1.807, 2.05) is 38.1 Å². The molecule has 0 aliphatic heterocycles. The minimum absolute atomic E-state index is 0.0945. The highest BCUT2D eigenvalue weighted by atomic mass is 79.9. The Hall–Kier alpha value is -0.830. The number of rotatable bonds is 4. The van der Waals surface area contributed by atoms with Crippen molar-refractivity contribution in [3.05, 3.63) is 34.3 Å². The Balaban J connectivity index is 3.02. The summed E-state index contributed by atoms with van der Waals surface area (Å²) in [4.78, 5) is 11.4. The number of halogens is 1. The zero-order chi connectivity index (χ0) is 12.3. The van der Waals surface area contributed by atoms with Crippen molar-refractivity contribution in [1.82, 2.24) is 0 Å². The molecule has 0 aliphatic carbocycles. The number of carbonyl (C=O) groups is 1. The first-order valence-electron chi connectivity index (χ1n) is 5.34. The van der Waals surface area contributed by atoms with Gasteiger partial charge in [-0.25, -0.2) is 0 Å². The van der Waals surface area contributed by atoms with Gasteiger partial charge in [-0.2, -0.15) is 0 Å². The van der Waals surface area contributed by atoms with Crippen LogP contribution in [-0.2, 0) is 11.2 Å². The molecule has 1 N–H and O–H groups in total. The van der Waals surface area contributed by atoms with Crippen molar-refractivity contribution in [2.75, 3.05) is 0 Å². The third kappa shape index (κ3) is 2.64. The van der Waals surface area contributed by atoms with Crippen LogP contribution in [0.25, 0.3) is 0 Å². The Bertz CT molecular complexity index is 387. The van der Waals surface area contributed by atoms with Crippen LogP contribution in [0.5, 0.6) is 0 Å². The molecule has 88 valence electrons. The highest BCUT2D eigenvalue weighted by Gasteiger charge is 2.37. The summed E-state index contributed by atoms with van der Waals surface area (Å²) in [5, 5.41) is 9.34. The predicted octanol–water partition coefficient (Wildman–Crippen LogP) is 3.74. The van der Waals surface area contributed by atoms with Crippen LogP contribution in [0, 0.1) is 11.3 Å². The first kappa shape index (κ1) is 13.2. The molecular weight excluding hydrogens is 268 g/mol. The lowest BCUT2D eigenvalue weighted by atomic mass is 9.74. The summed E-state index contributed by atoms with van der Waals surface area (Å²) in [6, 6.07) is 7.77. The van der Waals surface area contributed by atoms with Crippen LogP contribution >= 0.6 is 15.9 Å². The van der Waals surface area contributed by atoms with Crippen molar-refractivity contribution in [2.24, 2.45) is 11.3 Å². The average Bonchev–Trinajstić information content (AvgIpc) is 2.20. The van der Waals surface area contributed by atoms with E-state index in [2.05, 4.69) is 15.9 Å². The predicted molar refractivity (Wildman–Crippen MR) is 68.4 cm³/mol. The van der Waals surface area contributed by atoms with E-state index in [1.54, 1.807) is 6.92 Å². The zero-order valence-electron chi connectivity index (χ0n) is 9.83. The molecule has 0 spiro atoms. The molecule has 1 unspecified atom stereocenters. The fourth-order valence-electron chi connectivity index (χ4n) is 1.56. The Kier molecular flexibility index (Phi) is 4.14. The third-order valence-corrected chi connectivity index (χ3v) is 4.05. The maximum absolute atomic E-state index is 11.4. The molecule has 0 fully saturated rings. The van der Waals surface area contributed by atoms with E-state index in [-0.39, 0.29) is 5.92 Å². The number of hydrogen-bond donors (Lipinski definition) is 1. The Morgan fingerprint density at radius 3 is 2.44 bits per heavy atom. The SMILES string of the molecule is CC(C)C(C)(Cc1ccccc1Br)C(=O)O. The second-order valence-corrected chi connectivity index (χ2v) is 5.50. The van der Waals surface area contributed by atoms with Crippen LogP contribution in [0.2, 0.25) is 0 Å². The summed E-state index contributed by atoms with van der Waals surface area (Å²) in [7, 11) is 0. The van der Waals surface area contributed by atoms with Crippen LogP contribution < -0.4 is 0 Å². The van der Waals surface area contributed by atoms with E-state index in [4.69, 9.17) is 0 Å². The van der Waals surface area contributed by atoms with Gasteiger partial charge in [0.05, 0.1) is 5.41 Å². The molecule has 1 atom stereocenters. The molecule has 0 amide bonds. The summed E-state index contributed by atoms with van der Waals surface area (Å²) in [5.41, 5.74) is 0.324. The molecule has 1 aromatic rings. The first-order chi connectivity index (χ1) is 7.38. The third-order valence-electron chi connectivity index (χ3n) is 3.28. The second-order valence-electron chi connectivity index (χ2n) is 4.65. The van der Waals surface area contributed by atoms with E-state index in [0.29, 0.717) is 6.42 Å². The maximum atomic E-state index is 11.4. The summed E-state index contributed by atoms with van der Waals surface area (Å²) >= 11 is 3.45. The summed E-state index contributed by atoms with van der Waals surface area (Å²) in [6.45, 7) is 5.70. The van der Waals surface area contributed by atoms with E-state index in [1.165, 1.54) is 0 Å². The van der Waals surface area contributed by atoms with Crippen molar-refractivity contribution in [3.8, 4) is 0 Å². The number of benzene rings is 1. The molecule has 0 bridgehead atoms. The summed E-state index contributed by atoms with van der Waals surface area (Å²) < 4.78 is 0.975. The smallest absolute Gasteiger partial charge is 0.309 e. The normalized spacial score (nSPS) is 14.8. The molecule has 16 heavy (non-hydrogen) atoms. The van der Waals surface area contributed by atoms with Gasteiger partial charge >= 0.3 is 5.97 Å². The van der Waals surface area contributed by atoms with Gasteiger partial charge in [0.25, 0.3) is 0 Å². The van der Waals surface area contributed by atoms with Gasteiger partial charge in [0, 0.05) is 4.47 Å². The standard InChI is InChI=1S/C13H17BrO2/c1-9(2)13(3,12(15)16)8-10-6-4-5-7-11(10)14/h4-7,9H,8H2,1-3H3,(H,15,16). The highest BCUT2D eigenvalue weighted by molar-refractivity contribution is 9.10. The molecule has 0 saturated heterocycles. The van der Waals surface area contributed by atoms with Gasteiger partial charge in [-0.05, 0) is 30.9 Å². The van der Waals surface area contributed by atoms with Crippen molar-refractivity contribution in [2.45, 2.75) is 27.2 Å². The number of hydrogen-bond acceptors (Lipinski definition) is 1. The van der Waals surface area contributed by atoms with Crippen molar-refractivity contribution >= 4 is 21.9 Å². The number of aliphatic carboxylic acids is 1. The molecule has 0 saturated carbocycles. The van der Waals surface area contributed by atoms with Crippen LogP contribution in [0.1, 0.15) is 26.3 Å². The van der Waals surface area contributed by atoms with E-state index in [9.17, 15) is 9.90 Å². The Morgan fingerprint density at radius 2 is 2.00 bits per heavy atom. The van der Waals surface area contributed by atoms with Crippen LogP contribution in [0.3, 0.4) is 0 Å². The fraction of sp³-hybridized carbons (Fsp3) is 0.462. The summed E-state index contributed by atoms with van der Waals surface area (Å²) in [6.07, 6.45) is 0.543. The van der Waals surface area contributed by atoms with Gasteiger partial charge in [-0.3, -0.25) is 4.79 Å². The Morgan fingerprint density at radius 1 is 1.44 bits per heavy atom. The minimum atomic E-state index is -0.738. The molecular formula is C13H17BrO2. The lowest BCUT2D eigenvalue weighted by molar-refractivity contribution is -0.150. The quantitative estimate of drug-likeness (QED) is 0.915.